The molecule has 1 saturated heterocycles. The minimum Gasteiger partial charge on any atom is -0.352 e. The van der Waals surface area contributed by atoms with E-state index in [1.807, 2.05) is 0 Å². The van der Waals surface area contributed by atoms with Crippen LogP contribution in [0.4, 0.5) is 17.6 Å². The summed E-state index contributed by atoms with van der Waals surface area (Å²) in [5, 5.41) is 5.69. The van der Waals surface area contributed by atoms with Crippen LogP contribution in [0.25, 0.3) is 0 Å². The minimum atomic E-state index is -4.81. The molecule has 1 amide bonds. The summed E-state index contributed by atoms with van der Waals surface area (Å²) in [5.74, 6) is -1.72. The van der Waals surface area contributed by atoms with E-state index in [2.05, 4.69) is 10.6 Å². The Bertz CT molecular complexity index is 501. The molecule has 2 rings (SSSR count). The minimum absolute atomic E-state index is 0. The van der Waals surface area contributed by atoms with Gasteiger partial charge in [0.25, 0.3) is 5.91 Å². The first-order valence-electron chi connectivity index (χ1n) is 6.23. The Balaban J connectivity index is 0.00000220. The summed E-state index contributed by atoms with van der Waals surface area (Å²) in [6.45, 7) is 2.04. The second-order valence-corrected chi connectivity index (χ2v) is 4.76. The van der Waals surface area contributed by atoms with Crippen LogP contribution in [-0.2, 0) is 6.18 Å². The third-order valence-corrected chi connectivity index (χ3v) is 3.25. The normalized spacial score (nSPS) is 18.2. The lowest BCUT2D eigenvalue weighted by molar-refractivity contribution is -0.140. The quantitative estimate of drug-likeness (QED) is 0.838. The smallest absolute Gasteiger partial charge is 0.352 e. The molecule has 21 heavy (non-hydrogen) atoms. The molecule has 3 nitrogen and oxygen atoms in total. The SMILES string of the molecule is Cl.O=C(NCC1CCNC1)c1ccc(F)c(C(F)(F)F)c1. The summed E-state index contributed by atoms with van der Waals surface area (Å²) >= 11 is 0. The Labute approximate surface area is 125 Å². The van der Waals surface area contributed by atoms with Gasteiger partial charge < -0.3 is 10.6 Å². The number of carbonyl (C=O) groups excluding carboxylic acids is 1. The maximum absolute atomic E-state index is 13.1. The molecule has 8 heteroatoms. The maximum Gasteiger partial charge on any atom is 0.419 e. The molecule has 0 spiro atoms. The average Bonchev–Trinajstić information content (AvgIpc) is 2.88. The molecule has 0 aliphatic carbocycles. The van der Waals surface area contributed by atoms with E-state index in [-0.39, 0.29) is 23.9 Å². The van der Waals surface area contributed by atoms with Gasteiger partial charge >= 0.3 is 6.18 Å². The lowest BCUT2D eigenvalue weighted by Gasteiger charge is -2.12. The molecule has 1 heterocycles. The van der Waals surface area contributed by atoms with Gasteiger partial charge in [-0.2, -0.15) is 13.2 Å². The number of amides is 1. The van der Waals surface area contributed by atoms with Crippen LogP contribution in [0.3, 0.4) is 0 Å². The van der Waals surface area contributed by atoms with Crippen LogP contribution in [0.5, 0.6) is 0 Å². The van der Waals surface area contributed by atoms with Crippen LogP contribution >= 0.6 is 12.4 Å². The van der Waals surface area contributed by atoms with Crippen molar-refractivity contribution in [2.75, 3.05) is 19.6 Å². The molecule has 2 N–H and O–H groups in total. The molecule has 0 aromatic heterocycles. The molecule has 1 aromatic rings. The highest BCUT2D eigenvalue weighted by Crippen LogP contribution is 2.31. The highest BCUT2D eigenvalue weighted by atomic mass is 35.5. The summed E-state index contributed by atoms with van der Waals surface area (Å²) in [4.78, 5) is 11.8. The fourth-order valence-corrected chi connectivity index (χ4v) is 2.11. The standard InChI is InChI=1S/C13H14F4N2O.ClH/c14-11-2-1-9(5-10(11)13(15,16)17)12(20)19-7-8-3-4-18-6-8;/h1-2,5,8,18H,3-4,6-7H2,(H,19,20);1H. The molecular formula is C13H15ClF4N2O. The van der Waals surface area contributed by atoms with Gasteiger partial charge in [0.2, 0.25) is 0 Å². The van der Waals surface area contributed by atoms with Gasteiger partial charge in [-0.25, -0.2) is 4.39 Å². The Morgan fingerprint density at radius 1 is 1.38 bits per heavy atom. The van der Waals surface area contributed by atoms with Crippen LogP contribution < -0.4 is 10.6 Å². The van der Waals surface area contributed by atoms with E-state index in [0.717, 1.165) is 25.6 Å². The second-order valence-electron chi connectivity index (χ2n) is 4.76. The number of hydrogen-bond acceptors (Lipinski definition) is 2. The number of halogens is 5. The van der Waals surface area contributed by atoms with Gasteiger partial charge in [-0.05, 0) is 43.6 Å². The average molecular weight is 327 g/mol. The summed E-state index contributed by atoms with van der Waals surface area (Å²) in [6, 6.07) is 2.25. The van der Waals surface area contributed by atoms with Crippen molar-refractivity contribution in [2.45, 2.75) is 12.6 Å². The lowest BCUT2D eigenvalue weighted by Crippen LogP contribution is -2.30. The third kappa shape index (κ3) is 4.57. The zero-order valence-electron chi connectivity index (χ0n) is 11.0. The number of hydrogen-bond donors (Lipinski definition) is 2. The number of nitrogens with one attached hydrogen (secondary N) is 2. The first-order valence-corrected chi connectivity index (χ1v) is 6.23. The van der Waals surface area contributed by atoms with Gasteiger partial charge in [0.1, 0.15) is 5.82 Å². The summed E-state index contributed by atoms with van der Waals surface area (Å²) in [5.41, 5.74) is -1.61. The molecule has 118 valence electrons. The molecule has 1 aromatic carbocycles. The van der Waals surface area contributed by atoms with Crippen molar-refractivity contribution in [3.63, 3.8) is 0 Å². The van der Waals surface area contributed by atoms with Gasteiger partial charge in [-0.3, -0.25) is 4.79 Å². The van der Waals surface area contributed by atoms with Crippen LogP contribution in [0.1, 0.15) is 22.3 Å². The van der Waals surface area contributed by atoms with Crippen LogP contribution in [0, 0.1) is 11.7 Å². The monoisotopic (exact) mass is 326 g/mol. The Hall–Kier alpha value is -1.34. The first kappa shape index (κ1) is 17.7. The van der Waals surface area contributed by atoms with E-state index in [1.165, 1.54) is 0 Å². The number of benzene rings is 1. The van der Waals surface area contributed by atoms with Crippen LogP contribution in [-0.4, -0.2) is 25.5 Å². The van der Waals surface area contributed by atoms with Crippen molar-refractivity contribution in [3.8, 4) is 0 Å². The molecular weight excluding hydrogens is 312 g/mol. The van der Waals surface area contributed by atoms with Crippen LogP contribution in [0.2, 0.25) is 0 Å². The third-order valence-electron chi connectivity index (χ3n) is 3.25. The van der Waals surface area contributed by atoms with Gasteiger partial charge in [-0.15, -0.1) is 12.4 Å². The summed E-state index contributed by atoms with van der Waals surface area (Å²) in [6.07, 6.45) is -3.90. The predicted octanol–water partition coefficient (Wildman–Crippen LogP) is 2.61. The van der Waals surface area contributed by atoms with Crippen molar-refractivity contribution < 1.29 is 22.4 Å². The molecule has 1 fully saturated rings. The Kier molecular flexibility index (Phi) is 5.98. The predicted molar refractivity (Wildman–Crippen MR) is 72.0 cm³/mol. The first-order chi connectivity index (χ1) is 9.38. The number of carbonyl (C=O) groups is 1. The fourth-order valence-electron chi connectivity index (χ4n) is 2.11. The summed E-state index contributed by atoms with van der Waals surface area (Å²) < 4.78 is 50.7. The van der Waals surface area contributed by atoms with Gasteiger partial charge in [0.05, 0.1) is 5.56 Å². The molecule has 0 bridgehead atoms. The van der Waals surface area contributed by atoms with Crippen LogP contribution in [0.15, 0.2) is 18.2 Å². The zero-order valence-corrected chi connectivity index (χ0v) is 11.8. The van der Waals surface area contributed by atoms with E-state index in [0.29, 0.717) is 18.7 Å². The second kappa shape index (κ2) is 7.09. The van der Waals surface area contributed by atoms with Crippen molar-refractivity contribution in [2.24, 2.45) is 5.92 Å². The van der Waals surface area contributed by atoms with E-state index in [1.54, 1.807) is 0 Å². The van der Waals surface area contributed by atoms with Gasteiger partial charge in [0.15, 0.2) is 0 Å². The molecule has 1 aliphatic heterocycles. The van der Waals surface area contributed by atoms with Crippen molar-refractivity contribution in [3.05, 3.63) is 35.1 Å². The lowest BCUT2D eigenvalue weighted by atomic mass is 10.1. The van der Waals surface area contributed by atoms with E-state index >= 15 is 0 Å². The van der Waals surface area contributed by atoms with E-state index in [4.69, 9.17) is 0 Å². The van der Waals surface area contributed by atoms with E-state index < -0.39 is 23.5 Å². The largest absolute Gasteiger partial charge is 0.419 e. The maximum atomic E-state index is 13.1. The molecule has 1 unspecified atom stereocenters. The van der Waals surface area contributed by atoms with Crippen molar-refractivity contribution in [1.29, 1.82) is 0 Å². The fraction of sp³-hybridized carbons (Fsp3) is 0.462. The zero-order chi connectivity index (χ0) is 14.8. The van der Waals surface area contributed by atoms with Gasteiger partial charge in [-0.1, -0.05) is 0 Å². The Morgan fingerprint density at radius 3 is 2.67 bits per heavy atom. The molecule has 0 radical (unpaired) electrons. The number of rotatable bonds is 3. The van der Waals surface area contributed by atoms with Crippen molar-refractivity contribution in [1.82, 2.24) is 10.6 Å². The topological polar surface area (TPSA) is 41.1 Å². The molecule has 1 aliphatic rings. The molecule has 0 saturated carbocycles. The Morgan fingerprint density at radius 2 is 2.10 bits per heavy atom. The highest BCUT2D eigenvalue weighted by Gasteiger charge is 2.34. The van der Waals surface area contributed by atoms with Gasteiger partial charge in [0, 0.05) is 12.1 Å². The summed E-state index contributed by atoms with van der Waals surface area (Å²) in [7, 11) is 0. The number of alkyl halides is 3. The van der Waals surface area contributed by atoms with Crippen molar-refractivity contribution >= 4 is 18.3 Å². The highest BCUT2D eigenvalue weighted by molar-refractivity contribution is 5.94. The van der Waals surface area contributed by atoms with E-state index in [9.17, 15) is 22.4 Å². The molecule has 1 atom stereocenters.